The van der Waals surface area contributed by atoms with E-state index in [9.17, 15) is 5.21 Å². The monoisotopic (exact) mass is 337 g/mol. The van der Waals surface area contributed by atoms with Gasteiger partial charge < -0.3 is 9.94 Å². The van der Waals surface area contributed by atoms with E-state index in [1.165, 1.54) is 4.80 Å². The normalized spacial score (nSPS) is 11.6. The van der Waals surface area contributed by atoms with Crippen molar-refractivity contribution in [2.24, 2.45) is 5.16 Å². The van der Waals surface area contributed by atoms with E-state index in [0.29, 0.717) is 5.82 Å². The van der Waals surface area contributed by atoms with Crippen molar-refractivity contribution in [2.45, 2.75) is 20.8 Å². The van der Waals surface area contributed by atoms with Crippen molar-refractivity contribution in [2.75, 3.05) is 7.11 Å². The van der Waals surface area contributed by atoms with E-state index in [2.05, 4.69) is 20.6 Å². The van der Waals surface area contributed by atoms with E-state index in [0.717, 1.165) is 33.6 Å². The van der Waals surface area contributed by atoms with Crippen LogP contribution in [0.25, 0.3) is 11.4 Å². The zero-order valence-corrected chi connectivity index (χ0v) is 14.6. The molecular weight excluding hydrogens is 318 g/mol. The highest BCUT2D eigenvalue weighted by atomic mass is 16.5. The number of aromatic nitrogens is 4. The number of aryl methyl sites for hydroxylation is 3. The molecule has 25 heavy (non-hydrogen) atoms. The van der Waals surface area contributed by atoms with Crippen LogP contribution in [0, 0.1) is 20.8 Å². The molecule has 0 aliphatic carbocycles. The van der Waals surface area contributed by atoms with Crippen LogP contribution in [0.15, 0.2) is 41.6 Å². The molecule has 0 amide bonds. The standard InChI is InChI=1S/C18H19N5O2/c1-11-5-7-14(8-6-11)17-19-22-23(20-17)18(21-24)16-12(2)9-15(25-4)10-13(16)3/h5-10,24H,1-4H3/b21-18-. The Labute approximate surface area is 145 Å². The lowest BCUT2D eigenvalue weighted by molar-refractivity contribution is 0.315. The number of hydrogen-bond acceptors (Lipinski definition) is 6. The maximum atomic E-state index is 9.55. The highest BCUT2D eigenvalue weighted by Gasteiger charge is 2.18. The van der Waals surface area contributed by atoms with Crippen molar-refractivity contribution >= 4 is 5.84 Å². The Bertz CT molecular complexity index is 906. The number of oxime groups is 1. The molecule has 2 aromatic carbocycles. The summed E-state index contributed by atoms with van der Waals surface area (Å²) < 4.78 is 5.27. The van der Waals surface area contributed by atoms with E-state index >= 15 is 0 Å². The second-order valence-corrected chi connectivity index (χ2v) is 5.83. The summed E-state index contributed by atoms with van der Waals surface area (Å²) in [4.78, 5) is 1.23. The molecule has 0 fully saturated rings. The van der Waals surface area contributed by atoms with Crippen molar-refractivity contribution < 1.29 is 9.94 Å². The lowest BCUT2D eigenvalue weighted by Crippen LogP contribution is -2.19. The van der Waals surface area contributed by atoms with Gasteiger partial charge in [0.05, 0.1) is 7.11 Å². The fourth-order valence-corrected chi connectivity index (χ4v) is 2.71. The largest absolute Gasteiger partial charge is 0.497 e. The summed E-state index contributed by atoms with van der Waals surface area (Å²) in [6, 6.07) is 11.5. The van der Waals surface area contributed by atoms with Crippen LogP contribution in [0.3, 0.4) is 0 Å². The Morgan fingerprint density at radius 3 is 2.28 bits per heavy atom. The maximum absolute atomic E-state index is 9.55. The highest BCUT2D eigenvalue weighted by molar-refractivity contribution is 6.01. The summed E-state index contributed by atoms with van der Waals surface area (Å²) in [6.45, 7) is 5.83. The molecule has 0 radical (unpaired) electrons. The van der Waals surface area contributed by atoms with Crippen molar-refractivity contribution in [3.8, 4) is 17.1 Å². The van der Waals surface area contributed by atoms with Crippen LogP contribution in [0.4, 0.5) is 0 Å². The molecular formula is C18H19N5O2. The van der Waals surface area contributed by atoms with Gasteiger partial charge in [0, 0.05) is 11.1 Å². The molecule has 1 heterocycles. The SMILES string of the molecule is COc1cc(C)c(/C(=N/O)n2nnc(-c3ccc(C)cc3)n2)c(C)c1. The summed E-state index contributed by atoms with van der Waals surface area (Å²) in [5, 5.41) is 25.4. The fourth-order valence-electron chi connectivity index (χ4n) is 2.71. The number of nitrogens with zero attached hydrogens (tertiary/aromatic N) is 5. The summed E-state index contributed by atoms with van der Waals surface area (Å²) in [6.07, 6.45) is 0. The lowest BCUT2D eigenvalue weighted by Gasteiger charge is -2.12. The van der Waals surface area contributed by atoms with Crippen LogP contribution >= 0.6 is 0 Å². The average molecular weight is 337 g/mol. The molecule has 0 saturated heterocycles. The number of methoxy groups -OCH3 is 1. The minimum absolute atomic E-state index is 0.212. The summed E-state index contributed by atoms with van der Waals surface area (Å²) in [5.41, 5.74) is 4.50. The summed E-state index contributed by atoms with van der Waals surface area (Å²) in [5.74, 6) is 1.41. The molecule has 0 unspecified atom stereocenters. The molecule has 1 aromatic heterocycles. The second kappa shape index (κ2) is 6.72. The first-order valence-corrected chi connectivity index (χ1v) is 7.78. The van der Waals surface area contributed by atoms with Crippen molar-refractivity contribution in [3.05, 3.63) is 58.7 Å². The topological polar surface area (TPSA) is 85.4 Å². The first-order chi connectivity index (χ1) is 12.0. The van der Waals surface area contributed by atoms with Crippen molar-refractivity contribution in [1.29, 1.82) is 0 Å². The number of benzene rings is 2. The Hall–Kier alpha value is -3.22. The van der Waals surface area contributed by atoms with Gasteiger partial charge in [-0.1, -0.05) is 35.0 Å². The van der Waals surface area contributed by atoms with Gasteiger partial charge in [-0.2, -0.15) is 0 Å². The predicted octanol–water partition coefficient (Wildman–Crippen LogP) is 2.96. The van der Waals surface area contributed by atoms with Gasteiger partial charge in [-0.05, 0) is 49.2 Å². The van der Waals surface area contributed by atoms with E-state index < -0.39 is 0 Å². The van der Waals surface area contributed by atoms with Crippen LogP contribution in [0.1, 0.15) is 22.3 Å². The lowest BCUT2D eigenvalue weighted by atomic mass is 10.0. The molecule has 3 rings (SSSR count). The highest BCUT2D eigenvalue weighted by Crippen LogP contribution is 2.23. The third kappa shape index (κ3) is 3.21. The minimum atomic E-state index is 0.212. The van der Waals surface area contributed by atoms with E-state index in [1.807, 2.05) is 57.2 Å². The van der Waals surface area contributed by atoms with Gasteiger partial charge in [0.15, 0.2) is 0 Å². The molecule has 0 bridgehead atoms. The van der Waals surface area contributed by atoms with Gasteiger partial charge in [0.25, 0.3) is 0 Å². The van der Waals surface area contributed by atoms with E-state index in [1.54, 1.807) is 7.11 Å². The predicted molar refractivity (Wildman–Crippen MR) is 94.2 cm³/mol. The molecule has 0 saturated carbocycles. The fraction of sp³-hybridized carbons (Fsp3) is 0.222. The molecule has 7 heteroatoms. The van der Waals surface area contributed by atoms with Crippen LogP contribution in [-0.2, 0) is 0 Å². The maximum Gasteiger partial charge on any atom is 0.222 e. The van der Waals surface area contributed by atoms with Gasteiger partial charge in [0.2, 0.25) is 11.7 Å². The number of tetrazole rings is 1. The molecule has 128 valence electrons. The molecule has 7 nitrogen and oxygen atoms in total. The van der Waals surface area contributed by atoms with Crippen LogP contribution in [0.2, 0.25) is 0 Å². The van der Waals surface area contributed by atoms with Crippen LogP contribution in [-0.4, -0.2) is 38.4 Å². The summed E-state index contributed by atoms with van der Waals surface area (Å²) in [7, 11) is 1.61. The Kier molecular flexibility index (Phi) is 4.47. The van der Waals surface area contributed by atoms with Crippen molar-refractivity contribution in [3.63, 3.8) is 0 Å². The number of hydrogen-bond donors (Lipinski definition) is 1. The molecule has 0 aliphatic rings. The molecule has 0 spiro atoms. The Morgan fingerprint density at radius 1 is 1.08 bits per heavy atom. The third-order valence-corrected chi connectivity index (χ3v) is 3.97. The van der Waals surface area contributed by atoms with E-state index in [4.69, 9.17) is 4.74 Å². The molecule has 1 N–H and O–H groups in total. The minimum Gasteiger partial charge on any atom is -0.497 e. The first-order valence-electron chi connectivity index (χ1n) is 7.78. The van der Waals surface area contributed by atoms with Crippen molar-refractivity contribution in [1.82, 2.24) is 20.2 Å². The van der Waals surface area contributed by atoms with Crippen LogP contribution < -0.4 is 4.74 Å². The quantitative estimate of drug-likeness (QED) is 0.344. The molecule has 3 aromatic rings. The molecule has 0 atom stereocenters. The first kappa shape index (κ1) is 16.6. The average Bonchev–Trinajstić information content (AvgIpc) is 3.08. The van der Waals surface area contributed by atoms with E-state index in [-0.39, 0.29) is 5.84 Å². The number of ether oxygens (including phenoxy) is 1. The second-order valence-electron chi connectivity index (χ2n) is 5.83. The third-order valence-electron chi connectivity index (χ3n) is 3.97. The Balaban J connectivity index is 2.02. The van der Waals surface area contributed by atoms with Crippen LogP contribution in [0.5, 0.6) is 5.75 Å². The Morgan fingerprint density at radius 2 is 1.72 bits per heavy atom. The van der Waals surface area contributed by atoms with Gasteiger partial charge in [-0.15, -0.1) is 15.0 Å². The zero-order chi connectivity index (χ0) is 18.0. The molecule has 0 aliphatic heterocycles. The van der Waals surface area contributed by atoms with Gasteiger partial charge >= 0.3 is 0 Å². The smallest absolute Gasteiger partial charge is 0.222 e. The van der Waals surface area contributed by atoms with Gasteiger partial charge in [-0.25, -0.2) is 0 Å². The summed E-state index contributed by atoms with van der Waals surface area (Å²) >= 11 is 0. The van der Waals surface area contributed by atoms with Gasteiger partial charge in [0.1, 0.15) is 5.75 Å². The zero-order valence-electron chi connectivity index (χ0n) is 14.6. The number of rotatable bonds is 3. The van der Waals surface area contributed by atoms with Gasteiger partial charge in [-0.3, -0.25) is 0 Å².